The van der Waals surface area contributed by atoms with Crippen LogP contribution in [0.3, 0.4) is 0 Å². The minimum absolute atomic E-state index is 0. The van der Waals surface area contributed by atoms with Gasteiger partial charge in [-0.1, -0.05) is 42.5 Å². The Kier molecular flexibility index (Phi) is 8.81. The molecule has 1 unspecified atom stereocenters. The van der Waals surface area contributed by atoms with Gasteiger partial charge in [-0.3, -0.25) is 4.79 Å². The van der Waals surface area contributed by atoms with E-state index in [1.807, 2.05) is 66.4 Å². The summed E-state index contributed by atoms with van der Waals surface area (Å²) in [5.41, 5.74) is 2.21. The SMILES string of the molecule is Cl.O=C(CC1CSCCN1)NCc1ccc(COc2ccccc2)cc1. The third kappa shape index (κ3) is 6.90. The Balaban J connectivity index is 0.00000243. The molecule has 1 amide bonds. The molecule has 1 saturated heterocycles. The van der Waals surface area contributed by atoms with E-state index >= 15 is 0 Å². The quantitative estimate of drug-likeness (QED) is 0.758. The maximum Gasteiger partial charge on any atom is 0.221 e. The zero-order chi connectivity index (χ0) is 17.3. The molecule has 0 aromatic heterocycles. The number of halogens is 1. The largest absolute Gasteiger partial charge is 0.489 e. The lowest BCUT2D eigenvalue weighted by Gasteiger charge is -2.22. The van der Waals surface area contributed by atoms with Crippen LogP contribution in [0.5, 0.6) is 5.75 Å². The van der Waals surface area contributed by atoms with Gasteiger partial charge in [-0.2, -0.15) is 11.8 Å². The molecule has 1 aliphatic rings. The minimum Gasteiger partial charge on any atom is -0.489 e. The summed E-state index contributed by atoms with van der Waals surface area (Å²) in [5.74, 6) is 3.13. The van der Waals surface area contributed by atoms with E-state index in [2.05, 4.69) is 10.6 Å². The average Bonchev–Trinajstić information content (AvgIpc) is 2.67. The molecule has 3 rings (SSSR count). The summed E-state index contributed by atoms with van der Waals surface area (Å²) in [5, 5.41) is 6.39. The van der Waals surface area contributed by atoms with Crippen LogP contribution >= 0.6 is 24.2 Å². The molecule has 6 heteroatoms. The number of carbonyl (C=O) groups is 1. The maximum absolute atomic E-state index is 12.0. The molecule has 2 aromatic carbocycles. The predicted molar refractivity (Wildman–Crippen MR) is 110 cm³/mol. The van der Waals surface area contributed by atoms with Crippen molar-refractivity contribution in [3.05, 3.63) is 65.7 Å². The predicted octanol–water partition coefficient (Wildman–Crippen LogP) is 3.40. The van der Waals surface area contributed by atoms with Gasteiger partial charge in [0.1, 0.15) is 12.4 Å². The zero-order valence-corrected chi connectivity index (χ0v) is 16.3. The molecular weight excluding hydrogens is 368 g/mol. The summed E-state index contributed by atoms with van der Waals surface area (Å²) in [4.78, 5) is 12.0. The van der Waals surface area contributed by atoms with Gasteiger partial charge in [0.2, 0.25) is 5.91 Å². The zero-order valence-electron chi connectivity index (χ0n) is 14.6. The van der Waals surface area contributed by atoms with Crippen LogP contribution < -0.4 is 15.4 Å². The van der Waals surface area contributed by atoms with Crippen molar-refractivity contribution in [1.29, 1.82) is 0 Å². The van der Waals surface area contributed by atoms with Gasteiger partial charge >= 0.3 is 0 Å². The van der Waals surface area contributed by atoms with Crippen LogP contribution in [-0.4, -0.2) is 30.0 Å². The molecule has 1 heterocycles. The standard InChI is InChI=1S/C20H24N2O2S.ClH/c23-20(12-18-15-25-11-10-21-18)22-13-16-6-8-17(9-7-16)14-24-19-4-2-1-3-5-19;/h1-9,18,21H,10-15H2,(H,22,23);1H. The highest BCUT2D eigenvalue weighted by Gasteiger charge is 2.16. The van der Waals surface area contributed by atoms with E-state index in [-0.39, 0.29) is 18.3 Å². The first-order chi connectivity index (χ1) is 12.3. The Morgan fingerprint density at radius 3 is 2.54 bits per heavy atom. The molecule has 0 bridgehead atoms. The first-order valence-electron chi connectivity index (χ1n) is 8.63. The fraction of sp³-hybridized carbons (Fsp3) is 0.350. The van der Waals surface area contributed by atoms with Crippen molar-refractivity contribution in [2.45, 2.75) is 25.6 Å². The fourth-order valence-corrected chi connectivity index (χ4v) is 3.63. The van der Waals surface area contributed by atoms with Crippen LogP contribution in [0.25, 0.3) is 0 Å². The Hall–Kier alpha value is -1.69. The highest BCUT2D eigenvalue weighted by molar-refractivity contribution is 7.99. The summed E-state index contributed by atoms with van der Waals surface area (Å²) in [7, 11) is 0. The average molecular weight is 393 g/mol. The molecule has 26 heavy (non-hydrogen) atoms. The first-order valence-corrected chi connectivity index (χ1v) is 9.78. The second-order valence-electron chi connectivity index (χ2n) is 6.13. The van der Waals surface area contributed by atoms with Crippen molar-refractivity contribution in [1.82, 2.24) is 10.6 Å². The van der Waals surface area contributed by atoms with E-state index in [9.17, 15) is 4.79 Å². The highest BCUT2D eigenvalue weighted by Crippen LogP contribution is 2.13. The summed E-state index contributed by atoms with van der Waals surface area (Å²) in [6, 6.07) is 18.3. The van der Waals surface area contributed by atoms with Crippen molar-refractivity contribution < 1.29 is 9.53 Å². The molecule has 1 aliphatic heterocycles. The van der Waals surface area contributed by atoms with Crippen LogP contribution in [0.1, 0.15) is 17.5 Å². The number of ether oxygens (including phenoxy) is 1. The molecule has 140 valence electrons. The summed E-state index contributed by atoms with van der Waals surface area (Å²) in [6.07, 6.45) is 0.552. The van der Waals surface area contributed by atoms with Crippen molar-refractivity contribution >= 4 is 30.1 Å². The van der Waals surface area contributed by atoms with Crippen molar-refractivity contribution in [3.63, 3.8) is 0 Å². The van der Waals surface area contributed by atoms with Crippen LogP contribution in [0.2, 0.25) is 0 Å². The fourth-order valence-electron chi connectivity index (χ4n) is 2.68. The third-order valence-electron chi connectivity index (χ3n) is 4.09. The molecule has 2 N–H and O–H groups in total. The summed E-state index contributed by atoms with van der Waals surface area (Å²) in [6.45, 7) is 2.11. The number of para-hydroxylation sites is 1. The molecule has 0 aliphatic carbocycles. The van der Waals surface area contributed by atoms with Crippen molar-refractivity contribution in [2.75, 3.05) is 18.1 Å². The molecule has 1 atom stereocenters. The van der Waals surface area contributed by atoms with E-state index in [4.69, 9.17) is 4.74 Å². The van der Waals surface area contributed by atoms with Gasteiger partial charge in [0, 0.05) is 37.1 Å². The monoisotopic (exact) mass is 392 g/mol. The topological polar surface area (TPSA) is 50.4 Å². The molecule has 1 fully saturated rings. The summed E-state index contributed by atoms with van der Waals surface area (Å²) < 4.78 is 5.74. The summed E-state index contributed by atoms with van der Waals surface area (Å²) >= 11 is 1.91. The van der Waals surface area contributed by atoms with Gasteiger partial charge in [0.05, 0.1) is 0 Å². The Morgan fingerprint density at radius 1 is 1.12 bits per heavy atom. The number of benzene rings is 2. The number of nitrogens with one attached hydrogen (secondary N) is 2. The van der Waals surface area contributed by atoms with E-state index < -0.39 is 0 Å². The van der Waals surface area contributed by atoms with E-state index in [1.54, 1.807) is 0 Å². The second-order valence-corrected chi connectivity index (χ2v) is 7.27. The number of carbonyl (C=O) groups excluding carboxylic acids is 1. The number of thioether (sulfide) groups is 1. The van der Waals surface area contributed by atoms with Crippen LogP contribution in [0.4, 0.5) is 0 Å². The lowest BCUT2D eigenvalue weighted by Crippen LogP contribution is -2.41. The number of hydrogen-bond acceptors (Lipinski definition) is 4. The van der Waals surface area contributed by atoms with Crippen molar-refractivity contribution in [3.8, 4) is 5.75 Å². The molecule has 0 saturated carbocycles. The Bertz CT molecular complexity index is 661. The first kappa shape index (κ1) is 20.6. The van der Waals surface area contributed by atoms with E-state index in [0.29, 0.717) is 25.6 Å². The van der Waals surface area contributed by atoms with Crippen molar-refractivity contribution in [2.24, 2.45) is 0 Å². The van der Waals surface area contributed by atoms with Gasteiger partial charge in [-0.05, 0) is 23.3 Å². The molecule has 0 radical (unpaired) electrons. The van der Waals surface area contributed by atoms with E-state index in [1.165, 1.54) is 0 Å². The van der Waals surface area contributed by atoms with Crippen LogP contribution in [0, 0.1) is 0 Å². The number of amides is 1. The third-order valence-corrected chi connectivity index (χ3v) is 5.22. The minimum atomic E-state index is 0. The lowest BCUT2D eigenvalue weighted by molar-refractivity contribution is -0.121. The normalized spacial score (nSPS) is 16.4. The van der Waals surface area contributed by atoms with Crippen LogP contribution in [-0.2, 0) is 17.9 Å². The molecule has 2 aromatic rings. The molecular formula is C20H25ClN2O2S. The van der Waals surface area contributed by atoms with Gasteiger partial charge in [-0.25, -0.2) is 0 Å². The Morgan fingerprint density at radius 2 is 1.85 bits per heavy atom. The Labute approximate surface area is 165 Å². The van der Waals surface area contributed by atoms with Gasteiger partial charge in [0.25, 0.3) is 0 Å². The smallest absolute Gasteiger partial charge is 0.221 e. The van der Waals surface area contributed by atoms with Gasteiger partial charge < -0.3 is 15.4 Å². The second kappa shape index (κ2) is 11.1. The van der Waals surface area contributed by atoms with Crippen LogP contribution in [0.15, 0.2) is 54.6 Å². The number of rotatable bonds is 7. The maximum atomic E-state index is 12.0. The van der Waals surface area contributed by atoms with Gasteiger partial charge in [-0.15, -0.1) is 12.4 Å². The van der Waals surface area contributed by atoms with E-state index in [0.717, 1.165) is 34.9 Å². The van der Waals surface area contributed by atoms with Gasteiger partial charge in [0.15, 0.2) is 0 Å². The number of hydrogen-bond donors (Lipinski definition) is 2. The molecule has 4 nitrogen and oxygen atoms in total. The highest BCUT2D eigenvalue weighted by atomic mass is 35.5. The molecule has 0 spiro atoms. The lowest BCUT2D eigenvalue weighted by atomic mass is 10.1.